The van der Waals surface area contributed by atoms with Crippen LogP contribution in [0.15, 0.2) is 42.5 Å². The zero-order valence-electron chi connectivity index (χ0n) is 17.6. The summed E-state index contributed by atoms with van der Waals surface area (Å²) in [7, 11) is 5.70. The standard InChI is InChI=1S/C23H32N2O3/c1-17(2)13-15-28-21-11-8-19(16-22(21)27-5)23(26)24-20-9-6-18(7-10-20)12-14-25(3)4/h6-11,16-17H,12-15H2,1-5H3,(H,24,26). The fourth-order valence-electron chi connectivity index (χ4n) is 2.64. The third kappa shape index (κ3) is 6.89. The Morgan fingerprint density at radius 2 is 1.79 bits per heavy atom. The Labute approximate surface area is 168 Å². The highest BCUT2D eigenvalue weighted by Gasteiger charge is 2.12. The highest BCUT2D eigenvalue weighted by atomic mass is 16.5. The van der Waals surface area contributed by atoms with Crippen LogP contribution < -0.4 is 14.8 Å². The molecule has 0 atom stereocenters. The van der Waals surface area contributed by atoms with Gasteiger partial charge in [0.2, 0.25) is 0 Å². The number of hydrogen-bond acceptors (Lipinski definition) is 4. The van der Waals surface area contributed by atoms with Crippen LogP contribution in [0.3, 0.4) is 0 Å². The molecule has 0 spiro atoms. The van der Waals surface area contributed by atoms with E-state index in [0.29, 0.717) is 29.6 Å². The second kappa shape index (κ2) is 10.7. The molecule has 1 amide bonds. The fraction of sp³-hybridized carbons (Fsp3) is 0.435. The maximum Gasteiger partial charge on any atom is 0.255 e. The number of carbonyl (C=O) groups is 1. The summed E-state index contributed by atoms with van der Waals surface area (Å²) in [5, 5.41) is 2.93. The van der Waals surface area contributed by atoms with Crippen LogP contribution in [-0.4, -0.2) is 45.2 Å². The number of amides is 1. The molecule has 28 heavy (non-hydrogen) atoms. The van der Waals surface area contributed by atoms with E-state index in [1.54, 1.807) is 25.3 Å². The van der Waals surface area contributed by atoms with Crippen LogP contribution in [0.2, 0.25) is 0 Å². The number of carbonyl (C=O) groups excluding carboxylic acids is 1. The van der Waals surface area contributed by atoms with Gasteiger partial charge in [0.15, 0.2) is 11.5 Å². The van der Waals surface area contributed by atoms with E-state index in [4.69, 9.17) is 9.47 Å². The first kappa shape index (κ1) is 21.8. The average molecular weight is 385 g/mol. The number of rotatable bonds is 10. The SMILES string of the molecule is COc1cc(C(=O)Nc2ccc(CCN(C)C)cc2)ccc1OCCC(C)C. The summed E-state index contributed by atoms with van der Waals surface area (Å²) >= 11 is 0. The molecular formula is C23H32N2O3. The Kier molecular flexibility index (Phi) is 8.33. The number of nitrogens with zero attached hydrogens (tertiary/aromatic N) is 1. The second-order valence-electron chi connectivity index (χ2n) is 7.60. The van der Waals surface area contributed by atoms with Gasteiger partial charge in [-0.05, 0) is 68.8 Å². The van der Waals surface area contributed by atoms with Crippen molar-refractivity contribution in [1.29, 1.82) is 0 Å². The maximum absolute atomic E-state index is 12.6. The first-order valence-electron chi connectivity index (χ1n) is 9.75. The van der Waals surface area contributed by atoms with Crippen LogP contribution >= 0.6 is 0 Å². The lowest BCUT2D eigenvalue weighted by Crippen LogP contribution is -2.15. The van der Waals surface area contributed by atoms with E-state index < -0.39 is 0 Å². The van der Waals surface area contributed by atoms with Crippen LogP contribution in [0, 0.1) is 5.92 Å². The zero-order chi connectivity index (χ0) is 20.5. The van der Waals surface area contributed by atoms with Gasteiger partial charge < -0.3 is 19.7 Å². The first-order valence-corrected chi connectivity index (χ1v) is 9.75. The largest absolute Gasteiger partial charge is 0.493 e. The van der Waals surface area contributed by atoms with Crippen molar-refractivity contribution in [3.8, 4) is 11.5 Å². The van der Waals surface area contributed by atoms with E-state index in [0.717, 1.165) is 25.1 Å². The number of benzene rings is 2. The molecule has 0 heterocycles. The maximum atomic E-state index is 12.6. The monoisotopic (exact) mass is 384 g/mol. The second-order valence-corrected chi connectivity index (χ2v) is 7.60. The van der Waals surface area contributed by atoms with Crippen molar-refractivity contribution in [3.63, 3.8) is 0 Å². The minimum Gasteiger partial charge on any atom is -0.493 e. The van der Waals surface area contributed by atoms with Gasteiger partial charge in [-0.2, -0.15) is 0 Å². The third-order valence-electron chi connectivity index (χ3n) is 4.44. The molecule has 5 nitrogen and oxygen atoms in total. The molecule has 0 saturated heterocycles. The van der Waals surface area contributed by atoms with Crippen molar-refractivity contribution in [1.82, 2.24) is 4.90 Å². The van der Waals surface area contributed by atoms with Crippen molar-refractivity contribution in [3.05, 3.63) is 53.6 Å². The van der Waals surface area contributed by atoms with Crippen molar-refractivity contribution >= 4 is 11.6 Å². The van der Waals surface area contributed by atoms with Gasteiger partial charge >= 0.3 is 0 Å². The molecule has 0 saturated carbocycles. The predicted molar refractivity (Wildman–Crippen MR) is 115 cm³/mol. The smallest absolute Gasteiger partial charge is 0.255 e. The topological polar surface area (TPSA) is 50.8 Å². The molecule has 2 aromatic carbocycles. The highest BCUT2D eigenvalue weighted by molar-refractivity contribution is 6.04. The molecule has 152 valence electrons. The molecule has 0 aromatic heterocycles. The molecule has 2 aromatic rings. The number of anilines is 1. The van der Waals surface area contributed by atoms with Crippen LogP contribution in [0.25, 0.3) is 0 Å². The Morgan fingerprint density at radius 3 is 2.39 bits per heavy atom. The Balaban J connectivity index is 1.99. The third-order valence-corrected chi connectivity index (χ3v) is 4.44. The van der Waals surface area contributed by atoms with Gasteiger partial charge in [0.25, 0.3) is 5.91 Å². The first-order chi connectivity index (χ1) is 13.4. The quantitative estimate of drug-likeness (QED) is 0.656. The van der Waals surface area contributed by atoms with Crippen molar-refractivity contribution in [2.75, 3.05) is 39.7 Å². The summed E-state index contributed by atoms with van der Waals surface area (Å²) < 4.78 is 11.2. The lowest BCUT2D eigenvalue weighted by atomic mass is 10.1. The predicted octanol–water partition coefficient (Wildman–Crippen LogP) is 4.48. The minimum atomic E-state index is -0.173. The average Bonchev–Trinajstić information content (AvgIpc) is 2.67. The van der Waals surface area contributed by atoms with E-state index in [-0.39, 0.29) is 5.91 Å². The van der Waals surface area contributed by atoms with Gasteiger partial charge in [0.05, 0.1) is 13.7 Å². The van der Waals surface area contributed by atoms with Crippen LogP contribution in [0.1, 0.15) is 36.2 Å². The molecule has 0 radical (unpaired) electrons. The molecule has 0 aliphatic carbocycles. The zero-order valence-corrected chi connectivity index (χ0v) is 17.6. The number of nitrogens with one attached hydrogen (secondary N) is 1. The van der Waals surface area contributed by atoms with Crippen LogP contribution in [0.4, 0.5) is 5.69 Å². The summed E-state index contributed by atoms with van der Waals surface area (Å²) in [5.74, 6) is 1.62. The number of likely N-dealkylation sites (N-methyl/N-ethyl adjacent to an activating group) is 1. The van der Waals surface area contributed by atoms with Gasteiger partial charge in [-0.15, -0.1) is 0 Å². The van der Waals surface area contributed by atoms with Crippen LogP contribution in [-0.2, 0) is 6.42 Å². The van der Waals surface area contributed by atoms with Crippen molar-refractivity contribution in [2.45, 2.75) is 26.7 Å². The molecule has 5 heteroatoms. The molecule has 0 aliphatic rings. The molecular weight excluding hydrogens is 352 g/mol. The van der Waals surface area contributed by atoms with Gasteiger partial charge in [0, 0.05) is 17.8 Å². The van der Waals surface area contributed by atoms with Crippen LogP contribution in [0.5, 0.6) is 11.5 Å². The lowest BCUT2D eigenvalue weighted by molar-refractivity contribution is 0.102. The summed E-state index contributed by atoms with van der Waals surface area (Å²) in [4.78, 5) is 14.7. The molecule has 0 unspecified atom stereocenters. The minimum absolute atomic E-state index is 0.173. The summed E-state index contributed by atoms with van der Waals surface area (Å²) in [5.41, 5.74) is 2.55. The van der Waals surface area contributed by atoms with Crippen molar-refractivity contribution in [2.24, 2.45) is 5.92 Å². The van der Waals surface area contributed by atoms with E-state index in [2.05, 4.69) is 38.2 Å². The normalized spacial score (nSPS) is 11.0. The van der Waals surface area contributed by atoms with Gasteiger partial charge in [-0.25, -0.2) is 0 Å². The van der Waals surface area contributed by atoms with E-state index >= 15 is 0 Å². The molecule has 0 aliphatic heterocycles. The van der Waals surface area contributed by atoms with Gasteiger partial charge in [-0.1, -0.05) is 26.0 Å². The van der Waals surface area contributed by atoms with Gasteiger partial charge in [-0.3, -0.25) is 4.79 Å². The number of ether oxygens (including phenoxy) is 2. The van der Waals surface area contributed by atoms with Gasteiger partial charge in [0.1, 0.15) is 0 Å². The molecule has 0 fully saturated rings. The van der Waals surface area contributed by atoms with E-state index in [1.165, 1.54) is 5.56 Å². The fourth-order valence-corrected chi connectivity index (χ4v) is 2.64. The van der Waals surface area contributed by atoms with E-state index in [1.807, 2.05) is 24.3 Å². The molecule has 0 bridgehead atoms. The van der Waals surface area contributed by atoms with E-state index in [9.17, 15) is 4.79 Å². The highest BCUT2D eigenvalue weighted by Crippen LogP contribution is 2.28. The Morgan fingerprint density at radius 1 is 1.07 bits per heavy atom. The summed E-state index contributed by atoms with van der Waals surface area (Å²) in [6.45, 7) is 5.93. The summed E-state index contributed by atoms with van der Waals surface area (Å²) in [6, 6.07) is 13.2. The van der Waals surface area contributed by atoms with Crippen molar-refractivity contribution < 1.29 is 14.3 Å². The molecule has 1 N–H and O–H groups in total. The Hall–Kier alpha value is -2.53. The Bertz CT molecular complexity index is 755. The number of hydrogen-bond donors (Lipinski definition) is 1. The molecule has 2 rings (SSSR count). The summed E-state index contributed by atoms with van der Waals surface area (Å²) in [6.07, 6.45) is 1.95. The number of methoxy groups -OCH3 is 1. The lowest BCUT2D eigenvalue weighted by Gasteiger charge is -2.13.